The zero-order valence-electron chi connectivity index (χ0n) is 10.3. The fraction of sp³-hybridized carbons (Fsp3) is 0. The Bertz CT molecular complexity index is 553. The van der Waals surface area contributed by atoms with E-state index in [0.717, 1.165) is 11.3 Å². The Morgan fingerprint density at radius 3 is 1.89 bits per heavy atom. The molecule has 0 unspecified atom stereocenters. The molecule has 2 heterocycles. The van der Waals surface area contributed by atoms with E-state index in [2.05, 4.69) is 9.97 Å². The van der Waals surface area contributed by atoms with Crippen LogP contribution in [0.1, 0.15) is 0 Å². The summed E-state index contributed by atoms with van der Waals surface area (Å²) in [7, 11) is 0. The van der Waals surface area contributed by atoms with E-state index in [0.29, 0.717) is 5.02 Å². The molecule has 0 bridgehead atoms. The molecule has 19 heavy (non-hydrogen) atoms. The van der Waals surface area contributed by atoms with Crippen LogP contribution in [0, 0.1) is 0 Å². The highest BCUT2D eigenvalue weighted by Crippen LogP contribution is 2.17. The van der Waals surface area contributed by atoms with E-state index < -0.39 is 0 Å². The molecule has 0 N–H and O–H groups in total. The lowest BCUT2D eigenvalue weighted by Gasteiger charge is -1.98. The first kappa shape index (κ1) is 13.2. The first-order valence-electron chi connectivity index (χ1n) is 5.88. The molecule has 2 nitrogen and oxygen atoms in total. The standard InChI is InChI=1S/C11H8ClN.C5H5N/c12-10-6-7-11(13-8-10)9-4-2-1-3-5-9;1-2-4-6-5-3-1/h1-8H;1-5H. The summed E-state index contributed by atoms with van der Waals surface area (Å²) in [4.78, 5) is 8.00. The van der Waals surface area contributed by atoms with E-state index in [4.69, 9.17) is 11.6 Å². The van der Waals surface area contributed by atoms with Crippen LogP contribution in [-0.2, 0) is 0 Å². The number of aromatic nitrogens is 2. The molecule has 94 valence electrons. The summed E-state index contributed by atoms with van der Waals surface area (Å²) in [6.07, 6.45) is 5.16. The molecular formula is C16H13ClN2. The number of benzene rings is 1. The summed E-state index contributed by atoms with van der Waals surface area (Å²) in [6.45, 7) is 0. The first-order chi connectivity index (χ1) is 9.36. The molecule has 1 aromatic carbocycles. The molecule has 0 amide bonds. The van der Waals surface area contributed by atoms with E-state index in [1.807, 2.05) is 60.7 Å². The number of hydrogen-bond acceptors (Lipinski definition) is 2. The van der Waals surface area contributed by atoms with Gasteiger partial charge in [-0.1, -0.05) is 48.0 Å². The van der Waals surface area contributed by atoms with Crippen molar-refractivity contribution in [2.75, 3.05) is 0 Å². The second-order valence-corrected chi connectivity index (χ2v) is 4.19. The summed E-state index contributed by atoms with van der Waals surface area (Å²) >= 11 is 5.74. The summed E-state index contributed by atoms with van der Waals surface area (Å²) in [5.74, 6) is 0. The van der Waals surface area contributed by atoms with Crippen LogP contribution in [0.2, 0.25) is 5.02 Å². The maximum Gasteiger partial charge on any atom is 0.0703 e. The van der Waals surface area contributed by atoms with Crippen LogP contribution in [-0.4, -0.2) is 9.97 Å². The first-order valence-corrected chi connectivity index (χ1v) is 6.26. The van der Waals surface area contributed by atoms with Gasteiger partial charge in [0, 0.05) is 24.2 Å². The van der Waals surface area contributed by atoms with Crippen molar-refractivity contribution >= 4 is 11.6 Å². The molecule has 0 atom stereocenters. The third-order valence-electron chi connectivity index (χ3n) is 2.36. The zero-order valence-corrected chi connectivity index (χ0v) is 11.0. The highest BCUT2D eigenvalue weighted by atomic mass is 35.5. The van der Waals surface area contributed by atoms with Crippen LogP contribution in [0.5, 0.6) is 0 Å². The van der Waals surface area contributed by atoms with Gasteiger partial charge < -0.3 is 0 Å². The fourth-order valence-corrected chi connectivity index (χ4v) is 1.58. The summed E-state index contributed by atoms with van der Waals surface area (Å²) in [5, 5.41) is 0.666. The van der Waals surface area contributed by atoms with Crippen molar-refractivity contribution in [2.45, 2.75) is 0 Å². The molecule has 0 aliphatic carbocycles. The quantitative estimate of drug-likeness (QED) is 0.650. The van der Waals surface area contributed by atoms with Gasteiger partial charge in [-0.2, -0.15) is 0 Å². The predicted octanol–water partition coefficient (Wildman–Crippen LogP) is 4.48. The Hall–Kier alpha value is -2.19. The van der Waals surface area contributed by atoms with Gasteiger partial charge in [0.2, 0.25) is 0 Å². The monoisotopic (exact) mass is 268 g/mol. The second kappa shape index (κ2) is 7.29. The average Bonchev–Trinajstić information content (AvgIpc) is 2.51. The SMILES string of the molecule is Clc1ccc(-c2ccccc2)nc1.c1ccncc1. The van der Waals surface area contributed by atoms with E-state index in [1.54, 1.807) is 18.6 Å². The molecule has 0 aliphatic rings. The van der Waals surface area contributed by atoms with E-state index >= 15 is 0 Å². The van der Waals surface area contributed by atoms with Crippen LogP contribution in [0.3, 0.4) is 0 Å². The fourth-order valence-electron chi connectivity index (χ4n) is 1.47. The second-order valence-electron chi connectivity index (χ2n) is 3.75. The molecule has 0 spiro atoms. The van der Waals surface area contributed by atoms with Gasteiger partial charge in [-0.05, 0) is 24.3 Å². The normalized spacial score (nSPS) is 9.32. The van der Waals surface area contributed by atoms with Crippen LogP contribution in [0.25, 0.3) is 11.3 Å². The zero-order chi connectivity index (χ0) is 13.3. The lowest BCUT2D eigenvalue weighted by atomic mass is 10.1. The largest absolute Gasteiger partial charge is 0.265 e. The smallest absolute Gasteiger partial charge is 0.0703 e. The Kier molecular flexibility index (Phi) is 5.08. The molecule has 0 saturated carbocycles. The molecular weight excluding hydrogens is 256 g/mol. The summed E-state index contributed by atoms with van der Waals surface area (Å²) in [6, 6.07) is 19.5. The van der Waals surface area contributed by atoms with Gasteiger partial charge in [-0.15, -0.1) is 0 Å². The van der Waals surface area contributed by atoms with Crippen molar-refractivity contribution in [1.29, 1.82) is 0 Å². The molecule has 0 radical (unpaired) electrons. The van der Waals surface area contributed by atoms with Gasteiger partial charge in [0.05, 0.1) is 10.7 Å². The molecule has 2 aromatic heterocycles. The Labute approximate surface area is 117 Å². The van der Waals surface area contributed by atoms with Crippen molar-refractivity contribution in [3.63, 3.8) is 0 Å². The van der Waals surface area contributed by atoms with Gasteiger partial charge >= 0.3 is 0 Å². The minimum Gasteiger partial charge on any atom is -0.265 e. The van der Waals surface area contributed by atoms with Gasteiger partial charge in [-0.3, -0.25) is 9.97 Å². The van der Waals surface area contributed by atoms with Gasteiger partial charge in [-0.25, -0.2) is 0 Å². The van der Waals surface area contributed by atoms with Crippen molar-refractivity contribution in [1.82, 2.24) is 9.97 Å². The Morgan fingerprint density at radius 1 is 0.737 bits per heavy atom. The Balaban J connectivity index is 0.000000186. The van der Waals surface area contributed by atoms with Gasteiger partial charge in [0.1, 0.15) is 0 Å². The van der Waals surface area contributed by atoms with Crippen LogP contribution in [0.4, 0.5) is 0 Å². The van der Waals surface area contributed by atoms with E-state index in [-0.39, 0.29) is 0 Å². The van der Waals surface area contributed by atoms with E-state index in [9.17, 15) is 0 Å². The lowest BCUT2D eigenvalue weighted by molar-refractivity contribution is 1.33. The number of hydrogen-bond donors (Lipinski definition) is 0. The maximum absolute atomic E-state index is 5.74. The number of pyridine rings is 2. The Morgan fingerprint density at radius 2 is 1.42 bits per heavy atom. The summed E-state index contributed by atoms with van der Waals surface area (Å²) < 4.78 is 0. The molecule has 3 aromatic rings. The minimum atomic E-state index is 0.666. The van der Waals surface area contributed by atoms with Crippen LogP contribution in [0.15, 0.2) is 79.3 Å². The maximum atomic E-state index is 5.74. The highest BCUT2D eigenvalue weighted by Gasteiger charge is 1.96. The van der Waals surface area contributed by atoms with E-state index in [1.165, 1.54) is 0 Å². The predicted molar refractivity (Wildman–Crippen MR) is 78.9 cm³/mol. The summed E-state index contributed by atoms with van der Waals surface area (Å²) in [5.41, 5.74) is 2.06. The third kappa shape index (κ3) is 4.53. The van der Waals surface area contributed by atoms with Crippen molar-refractivity contribution in [3.05, 3.63) is 84.3 Å². The number of halogens is 1. The molecule has 0 saturated heterocycles. The van der Waals surface area contributed by atoms with Crippen molar-refractivity contribution in [3.8, 4) is 11.3 Å². The van der Waals surface area contributed by atoms with Gasteiger partial charge in [0.15, 0.2) is 0 Å². The molecule has 0 fully saturated rings. The number of rotatable bonds is 1. The topological polar surface area (TPSA) is 25.8 Å². The average molecular weight is 269 g/mol. The third-order valence-corrected chi connectivity index (χ3v) is 2.59. The minimum absolute atomic E-state index is 0.666. The van der Waals surface area contributed by atoms with Gasteiger partial charge in [0.25, 0.3) is 0 Å². The van der Waals surface area contributed by atoms with Crippen molar-refractivity contribution < 1.29 is 0 Å². The molecule has 3 rings (SSSR count). The number of nitrogens with zero attached hydrogens (tertiary/aromatic N) is 2. The molecule has 3 heteroatoms. The van der Waals surface area contributed by atoms with Crippen molar-refractivity contribution in [2.24, 2.45) is 0 Å². The van der Waals surface area contributed by atoms with Crippen LogP contribution < -0.4 is 0 Å². The molecule has 0 aliphatic heterocycles. The lowest BCUT2D eigenvalue weighted by Crippen LogP contribution is -1.80. The highest BCUT2D eigenvalue weighted by molar-refractivity contribution is 6.30. The van der Waals surface area contributed by atoms with Crippen LogP contribution >= 0.6 is 11.6 Å².